The number of amides is 2. The summed E-state index contributed by atoms with van der Waals surface area (Å²) in [6.45, 7) is 1.03. The van der Waals surface area contributed by atoms with Gasteiger partial charge in [0.2, 0.25) is 5.91 Å². The standard InChI is InChI=1S/C19H22N4O2/c1-22(14-16-8-2-4-11-21-16)19(25)17-9-3-5-12-23(17)18(24)15-7-6-10-20-13-15/h2,4,6-8,10-11,13,17H,3,5,9,12,14H2,1H3. The molecule has 1 atom stereocenters. The Morgan fingerprint density at radius 3 is 2.80 bits per heavy atom. The fraction of sp³-hybridized carbons (Fsp3) is 0.368. The fourth-order valence-electron chi connectivity index (χ4n) is 3.15. The van der Waals surface area contributed by atoms with Crippen LogP contribution in [0.25, 0.3) is 0 Å². The van der Waals surface area contributed by atoms with Crippen molar-refractivity contribution in [1.82, 2.24) is 19.8 Å². The van der Waals surface area contributed by atoms with Gasteiger partial charge in [0, 0.05) is 32.2 Å². The van der Waals surface area contributed by atoms with Crippen molar-refractivity contribution in [3.63, 3.8) is 0 Å². The molecule has 2 aromatic heterocycles. The number of rotatable bonds is 4. The van der Waals surface area contributed by atoms with Crippen molar-refractivity contribution in [3.05, 3.63) is 60.2 Å². The molecule has 1 saturated heterocycles. The maximum atomic E-state index is 12.9. The highest BCUT2D eigenvalue weighted by molar-refractivity contribution is 5.97. The number of hydrogen-bond donors (Lipinski definition) is 0. The highest BCUT2D eigenvalue weighted by atomic mass is 16.2. The minimum atomic E-state index is -0.421. The van der Waals surface area contributed by atoms with Crippen LogP contribution in [0.4, 0.5) is 0 Å². The number of carbonyl (C=O) groups is 2. The van der Waals surface area contributed by atoms with Gasteiger partial charge < -0.3 is 9.80 Å². The summed E-state index contributed by atoms with van der Waals surface area (Å²) in [5, 5.41) is 0. The summed E-state index contributed by atoms with van der Waals surface area (Å²) >= 11 is 0. The van der Waals surface area contributed by atoms with Crippen molar-refractivity contribution >= 4 is 11.8 Å². The fourth-order valence-corrected chi connectivity index (χ4v) is 3.15. The van der Waals surface area contributed by atoms with Crippen molar-refractivity contribution in [2.24, 2.45) is 0 Å². The highest BCUT2D eigenvalue weighted by Crippen LogP contribution is 2.21. The molecule has 0 aliphatic carbocycles. The molecule has 6 heteroatoms. The first-order valence-electron chi connectivity index (χ1n) is 8.52. The highest BCUT2D eigenvalue weighted by Gasteiger charge is 2.34. The number of pyridine rings is 2. The summed E-state index contributed by atoms with van der Waals surface area (Å²) in [6, 6.07) is 8.70. The zero-order valence-electron chi connectivity index (χ0n) is 14.3. The summed E-state index contributed by atoms with van der Waals surface area (Å²) in [7, 11) is 1.76. The quantitative estimate of drug-likeness (QED) is 0.856. The average molecular weight is 338 g/mol. The van der Waals surface area contributed by atoms with Gasteiger partial charge in [-0.25, -0.2) is 0 Å². The Kier molecular flexibility index (Phi) is 5.38. The van der Waals surface area contributed by atoms with Crippen molar-refractivity contribution < 1.29 is 9.59 Å². The first-order chi connectivity index (χ1) is 12.2. The molecule has 2 aromatic rings. The zero-order chi connectivity index (χ0) is 17.6. The van der Waals surface area contributed by atoms with E-state index in [0.717, 1.165) is 18.5 Å². The lowest BCUT2D eigenvalue weighted by molar-refractivity contribution is -0.136. The van der Waals surface area contributed by atoms with E-state index >= 15 is 0 Å². The van der Waals surface area contributed by atoms with E-state index in [4.69, 9.17) is 0 Å². The number of carbonyl (C=O) groups excluding carboxylic acids is 2. The van der Waals surface area contributed by atoms with Gasteiger partial charge >= 0.3 is 0 Å². The van der Waals surface area contributed by atoms with E-state index in [1.807, 2.05) is 18.2 Å². The minimum Gasteiger partial charge on any atom is -0.338 e. The molecular formula is C19H22N4O2. The molecular weight excluding hydrogens is 316 g/mol. The number of likely N-dealkylation sites (N-methyl/N-ethyl adjacent to an activating group) is 1. The van der Waals surface area contributed by atoms with Gasteiger partial charge in [0.1, 0.15) is 6.04 Å². The van der Waals surface area contributed by atoms with Crippen LogP contribution >= 0.6 is 0 Å². The Bertz CT molecular complexity index is 721. The van der Waals surface area contributed by atoms with Crippen LogP contribution in [0.15, 0.2) is 48.9 Å². The maximum absolute atomic E-state index is 12.9. The molecule has 1 aliphatic rings. The third-order valence-electron chi connectivity index (χ3n) is 4.46. The molecule has 0 aromatic carbocycles. The Morgan fingerprint density at radius 2 is 2.08 bits per heavy atom. The number of nitrogens with zero attached hydrogens (tertiary/aromatic N) is 4. The van der Waals surface area contributed by atoms with Gasteiger partial charge in [-0.1, -0.05) is 6.07 Å². The Labute approximate surface area is 147 Å². The lowest BCUT2D eigenvalue weighted by atomic mass is 9.99. The molecule has 0 spiro atoms. The number of aromatic nitrogens is 2. The molecule has 130 valence electrons. The normalized spacial score (nSPS) is 17.2. The molecule has 1 unspecified atom stereocenters. The second-order valence-electron chi connectivity index (χ2n) is 6.27. The van der Waals surface area contributed by atoms with E-state index in [9.17, 15) is 9.59 Å². The predicted molar refractivity (Wildman–Crippen MR) is 93.6 cm³/mol. The molecule has 0 N–H and O–H groups in total. The predicted octanol–water partition coefficient (Wildman–Crippen LogP) is 2.13. The van der Waals surface area contributed by atoms with E-state index < -0.39 is 6.04 Å². The summed E-state index contributed by atoms with van der Waals surface area (Å²) < 4.78 is 0. The summed E-state index contributed by atoms with van der Waals surface area (Å²) in [5.74, 6) is -0.167. The van der Waals surface area contributed by atoms with Crippen LogP contribution in [-0.4, -0.2) is 51.2 Å². The lowest BCUT2D eigenvalue weighted by Crippen LogP contribution is -2.52. The molecule has 1 aliphatic heterocycles. The van der Waals surface area contributed by atoms with E-state index in [1.165, 1.54) is 0 Å². The first kappa shape index (κ1) is 17.1. The topological polar surface area (TPSA) is 66.4 Å². The molecule has 3 heterocycles. The van der Waals surface area contributed by atoms with Gasteiger partial charge in [0.15, 0.2) is 0 Å². The Morgan fingerprint density at radius 1 is 1.20 bits per heavy atom. The molecule has 2 amide bonds. The molecule has 6 nitrogen and oxygen atoms in total. The van der Waals surface area contributed by atoms with Crippen molar-refractivity contribution in [1.29, 1.82) is 0 Å². The van der Waals surface area contributed by atoms with Gasteiger partial charge in [-0.15, -0.1) is 0 Å². The monoisotopic (exact) mass is 338 g/mol. The maximum Gasteiger partial charge on any atom is 0.256 e. The smallest absolute Gasteiger partial charge is 0.256 e. The summed E-state index contributed by atoms with van der Waals surface area (Å²) in [6.07, 6.45) is 7.46. The molecule has 1 fully saturated rings. The van der Waals surface area contributed by atoms with E-state index in [-0.39, 0.29) is 11.8 Å². The molecule has 3 rings (SSSR count). The van der Waals surface area contributed by atoms with Crippen LogP contribution in [0, 0.1) is 0 Å². The second-order valence-corrected chi connectivity index (χ2v) is 6.27. The average Bonchev–Trinajstić information content (AvgIpc) is 2.68. The van der Waals surface area contributed by atoms with Crippen LogP contribution in [0.3, 0.4) is 0 Å². The number of piperidine rings is 1. The molecule has 0 bridgehead atoms. The van der Waals surface area contributed by atoms with Gasteiger partial charge in [-0.3, -0.25) is 19.6 Å². The van der Waals surface area contributed by atoms with E-state index in [2.05, 4.69) is 9.97 Å². The van der Waals surface area contributed by atoms with Crippen LogP contribution in [0.5, 0.6) is 0 Å². The van der Waals surface area contributed by atoms with Crippen LogP contribution < -0.4 is 0 Å². The van der Waals surface area contributed by atoms with Crippen LogP contribution in [0.2, 0.25) is 0 Å². The van der Waals surface area contributed by atoms with Gasteiger partial charge in [-0.05, 0) is 43.5 Å². The second kappa shape index (κ2) is 7.88. The van der Waals surface area contributed by atoms with Crippen molar-refractivity contribution in [2.75, 3.05) is 13.6 Å². The largest absolute Gasteiger partial charge is 0.338 e. The van der Waals surface area contributed by atoms with Crippen molar-refractivity contribution in [2.45, 2.75) is 31.8 Å². The third-order valence-corrected chi connectivity index (χ3v) is 4.46. The lowest BCUT2D eigenvalue weighted by Gasteiger charge is -2.36. The third kappa shape index (κ3) is 4.02. The van der Waals surface area contributed by atoms with Crippen LogP contribution in [0.1, 0.15) is 35.3 Å². The first-order valence-corrected chi connectivity index (χ1v) is 8.52. The summed E-state index contributed by atoms with van der Waals surface area (Å²) in [4.78, 5) is 37.4. The van der Waals surface area contributed by atoms with Gasteiger partial charge in [-0.2, -0.15) is 0 Å². The van der Waals surface area contributed by atoms with Crippen LogP contribution in [-0.2, 0) is 11.3 Å². The van der Waals surface area contributed by atoms with E-state index in [0.29, 0.717) is 25.1 Å². The Hall–Kier alpha value is -2.76. The van der Waals surface area contributed by atoms with E-state index in [1.54, 1.807) is 47.6 Å². The van der Waals surface area contributed by atoms with Gasteiger partial charge in [0.05, 0.1) is 17.8 Å². The SMILES string of the molecule is CN(Cc1ccccn1)C(=O)C1CCCCN1C(=O)c1cccnc1. The zero-order valence-corrected chi connectivity index (χ0v) is 14.3. The molecule has 0 radical (unpaired) electrons. The number of likely N-dealkylation sites (tertiary alicyclic amines) is 1. The van der Waals surface area contributed by atoms with Gasteiger partial charge in [0.25, 0.3) is 5.91 Å². The minimum absolute atomic E-state index is 0.0393. The van der Waals surface area contributed by atoms with Crippen molar-refractivity contribution in [3.8, 4) is 0 Å². The summed E-state index contributed by atoms with van der Waals surface area (Å²) in [5.41, 5.74) is 1.36. The number of hydrogen-bond acceptors (Lipinski definition) is 4. The Balaban J connectivity index is 1.73. The molecule has 0 saturated carbocycles. The molecule has 25 heavy (non-hydrogen) atoms.